The molecule has 50 heavy (non-hydrogen) atoms. The number of aliphatic hydroxyl groups excluding tert-OH is 2. The quantitative estimate of drug-likeness (QED) is 0.0851. The molecule has 3 N–H and O–H groups in total. The molecule has 2 rings (SSSR count). The second-order valence-electron chi connectivity index (χ2n) is 14.0. The monoisotopic (exact) mass is 704 g/mol. The Morgan fingerprint density at radius 1 is 0.720 bits per heavy atom. The summed E-state index contributed by atoms with van der Waals surface area (Å²) in [4.78, 5) is 41.8. The minimum absolute atomic E-state index is 0.0375. The normalized spacial score (nSPS) is 20.4. The summed E-state index contributed by atoms with van der Waals surface area (Å²) in [6.07, 6.45) is 16.3. The highest BCUT2D eigenvalue weighted by atomic mass is 16.7. The molecule has 1 aliphatic heterocycles. The number of nitrogens with one attached hydrogen (secondary N) is 1. The van der Waals surface area contributed by atoms with Crippen LogP contribution in [0.2, 0.25) is 0 Å². The van der Waals surface area contributed by atoms with E-state index in [1.807, 2.05) is 37.3 Å². The number of carbonyl (C=O) groups excluding carboxylic acids is 3. The minimum atomic E-state index is -1.34. The van der Waals surface area contributed by atoms with Crippen LogP contribution in [0.4, 0.5) is 5.69 Å². The van der Waals surface area contributed by atoms with Crippen LogP contribution in [0.1, 0.15) is 143 Å². The summed E-state index contributed by atoms with van der Waals surface area (Å²) in [6, 6.07) is 8.61. The maximum Gasteiger partial charge on any atom is 0.226 e. The Kier molecular flexibility index (Phi) is 22.9. The van der Waals surface area contributed by atoms with Crippen molar-refractivity contribution in [2.24, 2.45) is 0 Å². The van der Waals surface area contributed by atoms with E-state index in [1.54, 1.807) is 9.80 Å². The van der Waals surface area contributed by atoms with Gasteiger partial charge >= 0.3 is 0 Å². The molecule has 0 spiro atoms. The number of methoxy groups -OCH3 is 1. The molecule has 0 aliphatic carbocycles. The summed E-state index contributed by atoms with van der Waals surface area (Å²) < 4.78 is 11.4. The van der Waals surface area contributed by atoms with Crippen LogP contribution in [0.5, 0.6) is 0 Å². The topological polar surface area (TPSA) is 129 Å². The van der Waals surface area contributed by atoms with Crippen molar-refractivity contribution in [1.82, 2.24) is 10.2 Å². The fraction of sp³-hybridized carbons (Fsp3) is 0.775. The van der Waals surface area contributed by atoms with Crippen LogP contribution in [0.15, 0.2) is 30.3 Å². The molecule has 1 heterocycles. The molecule has 1 aromatic carbocycles. The average molecular weight is 704 g/mol. The van der Waals surface area contributed by atoms with Gasteiger partial charge in [0.25, 0.3) is 0 Å². The van der Waals surface area contributed by atoms with E-state index in [0.717, 1.165) is 31.4 Å². The highest BCUT2D eigenvalue weighted by molar-refractivity contribution is 5.93. The Morgan fingerprint density at radius 2 is 1.28 bits per heavy atom. The van der Waals surface area contributed by atoms with E-state index in [0.29, 0.717) is 32.4 Å². The molecule has 5 atom stereocenters. The molecule has 0 unspecified atom stereocenters. The van der Waals surface area contributed by atoms with E-state index in [4.69, 9.17) is 9.47 Å². The van der Waals surface area contributed by atoms with Crippen molar-refractivity contribution in [2.45, 2.75) is 173 Å². The molecule has 0 bridgehead atoms. The number of para-hydroxylation sites is 1. The van der Waals surface area contributed by atoms with Crippen LogP contribution in [0.3, 0.4) is 0 Å². The van der Waals surface area contributed by atoms with Crippen molar-refractivity contribution in [3.63, 3.8) is 0 Å². The van der Waals surface area contributed by atoms with Crippen molar-refractivity contribution in [3.05, 3.63) is 30.3 Å². The summed E-state index contributed by atoms with van der Waals surface area (Å²) in [5, 5.41) is 24.5. The third-order valence-corrected chi connectivity index (χ3v) is 9.69. The predicted octanol–water partition coefficient (Wildman–Crippen LogP) is 6.90. The Bertz CT molecular complexity index is 1060. The number of anilines is 1. The van der Waals surface area contributed by atoms with E-state index in [-0.39, 0.29) is 24.3 Å². The first-order valence-corrected chi connectivity index (χ1v) is 19.7. The van der Waals surface area contributed by atoms with Gasteiger partial charge in [0, 0.05) is 52.2 Å². The van der Waals surface area contributed by atoms with Gasteiger partial charge in [0.15, 0.2) is 6.29 Å². The molecule has 1 aromatic rings. The molecule has 0 aromatic heterocycles. The van der Waals surface area contributed by atoms with E-state index < -0.39 is 30.6 Å². The number of carbonyl (C=O) groups is 3. The number of benzene rings is 1. The first kappa shape index (κ1) is 43.6. The van der Waals surface area contributed by atoms with E-state index in [1.165, 1.54) is 91.1 Å². The first-order chi connectivity index (χ1) is 24.2. The van der Waals surface area contributed by atoms with Crippen LogP contribution >= 0.6 is 0 Å². The van der Waals surface area contributed by atoms with E-state index in [2.05, 4.69) is 12.2 Å². The number of rotatable bonds is 27. The number of hydrogen-bond acceptors (Lipinski definition) is 7. The molecule has 3 amide bonds. The van der Waals surface area contributed by atoms with Crippen molar-refractivity contribution in [1.29, 1.82) is 0 Å². The molecule has 10 heteroatoms. The number of ether oxygens (including phenoxy) is 2. The second kappa shape index (κ2) is 26.3. The van der Waals surface area contributed by atoms with Crippen LogP contribution in [0.25, 0.3) is 0 Å². The highest BCUT2D eigenvalue weighted by Gasteiger charge is 2.46. The Balaban J connectivity index is 1.90. The average Bonchev–Trinajstić information content (AvgIpc) is 3.11. The lowest BCUT2D eigenvalue weighted by Crippen LogP contribution is -2.65. The van der Waals surface area contributed by atoms with Crippen molar-refractivity contribution in [3.8, 4) is 0 Å². The third kappa shape index (κ3) is 16.7. The fourth-order valence-electron chi connectivity index (χ4n) is 6.79. The Hall–Kier alpha value is -2.53. The zero-order valence-electron chi connectivity index (χ0n) is 31.7. The lowest BCUT2D eigenvalue weighted by Gasteiger charge is -2.43. The maximum absolute atomic E-state index is 13.6. The SMILES string of the molecule is CCCCCCCCCCCCCCCCCC(=O)N(CCCN(C(=O)CCC)c1ccccc1)C[C@H]1O[C@H](OC)[C@@H](NC(C)=O)[C@@H](O)[C@@H]1O. The number of hydrogen-bond donors (Lipinski definition) is 3. The maximum atomic E-state index is 13.6. The number of aliphatic hydroxyl groups is 2. The van der Waals surface area contributed by atoms with Gasteiger partial charge in [0.1, 0.15) is 24.4 Å². The second-order valence-corrected chi connectivity index (χ2v) is 14.0. The smallest absolute Gasteiger partial charge is 0.226 e. The number of nitrogens with zero attached hydrogens (tertiary/aromatic N) is 2. The molecule has 0 radical (unpaired) electrons. The van der Waals surface area contributed by atoms with Gasteiger partial charge in [-0.05, 0) is 31.4 Å². The molecule has 1 fully saturated rings. The molecular weight excluding hydrogens is 634 g/mol. The number of unbranched alkanes of at least 4 members (excludes halogenated alkanes) is 14. The fourth-order valence-corrected chi connectivity index (χ4v) is 6.79. The van der Waals surface area contributed by atoms with Crippen molar-refractivity contribution < 1.29 is 34.1 Å². The Morgan fingerprint density at radius 3 is 1.80 bits per heavy atom. The Labute approximate surface area is 302 Å². The summed E-state index contributed by atoms with van der Waals surface area (Å²) >= 11 is 0. The zero-order chi connectivity index (χ0) is 36.6. The summed E-state index contributed by atoms with van der Waals surface area (Å²) in [6.45, 7) is 6.41. The van der Waals surface area contributed by atoms with Crippen LogP contribution < -0.4 is 10.2 Å². The van der Waals surface area contributed by atoms with Gasteiger partial charge in [0.2, 0.25) is 17.7 Å². The van der Waals surface area contributed by atoms with Crippen LogP contribution in [-0.4, -0.2) is 90.2 Å². The first-order valence-electron chi connectivity index (χ1n) is 19.7. The summed E-state index contributed by atoms with van der Waals surface area (Å²) in [7, 11) is 1.41. The largest absolute Gasteiger partial charge is 0.388 e. The lowest BCUT2D eigenvalue weighted by atomic mass is 9.96. The van der Waals surface area contributed by atoms with Crippen LogP contribution in [0, 0.1) is 0 Å². The molecule has 0 saturated carbocycles. The predicted molar refractivity (Wildman–Crippen MR) is 200 cm³/mol. The minimum Gasteiger partial charge on any atom is -0.388 e. The van der Waals surface area contributed by atoms with Crippen LogP contribution in [-0.2, 0) is 23.9 Å². The molecular formula is C40H69N3O7. The summed E-state index contributed by atoms with van der Waals surface area (Å²) in [5.41, 5.74) is 0.822. The third-order valence-electron chi connectivity index (χ3n) is 9.69. The van der Waals surface area contributed by atoms with Gasteiger partial charge < -0.3 is 34.8 Å². The van der Waals surface area contributed by atoms with Gasteiger partial charge in [-0.2, -0.15) is 0 Å². The molecule has 10 nitrogen and oxygen atoms in total. The molecule has 286 valence electrons. The standard InChI is InChI=1S/C40H69N3O7/c1-5-7-8-9-10-11-12-13-14-15-16-17-18-19-23-28-35(45)42(29-24-30-43(36(46)25-6-2)33-26-21-20-22-27-33)31-34-38(47)39(48)37(41-32(3)44)40(49-4)50-34/h20-22,26-27,34,37-40,47-48H,5-19,23-25,28-31H2,1-4H3,(H,41,44)/t34-,37+,38-,39-,40+/m1/s1. The van der Waals surface area contributed by atoms with Crippen molar-refractivity contribution >= 4 is 23.4 Å². The molecule has 1 saturated heterocycles. The van der Waals surface area contributed by atoms with Gasteiger partial charge in [-0.25, -0.2) is 0 Å². The zero-order valence-corrected chi connectivity index (χ0v) is 31.7. The van der Waals surface area contributed by atoms with Crippen molar-refractivity contribution in [2.75, 3.05) is 31.6 Å². The van der Waals surface area contributed by atoms with E-state index >= 15 is 0 Å². The lowest BCUT2D eigenvalue weighted by molar-refractivity contribution is -0.258. The van der Waals surface area contributed by atoms with Gasteiger partial charge in [-0.15, -0.1) is 0 Å². The van der Waals surface area contributed by atoms with E-state index in [9.17, 15) is 24.6 Å². The van der Waals surface area contributed by atoms with Gasteiger partial charge in [-0.3, -0.25) is 14.4 Å². The highest BCUT2D eigenvalue weighted by Crippen LogP contribution is 2.24. The van der Waals surface area contributed by atoms with Gasteiger partial charge in [-0.1, -0.05) is 122 Å². The van der Waals surface area contributed by atoms with Gasteiger partial charge in [0.05, 0.1) is 0 Å². The summed E-state index contributed by atoms with van der Waals surface area (Å²) in [5.74, 6) is -0.393. The molecule has 1 aliphatic rings. The number of amides is 3.